The molecule has 0 bridgehead atoms. The molecule has 3 aliphatic rings. The Balaban J connectivity index is 1.25. The van der Waals surface area contributed by atoms with Gasteiger partial charge in [0.05, 0.1) is 22.3 Å². The van der Waals surface area contributed by atoms with Crippen LogP contribution in [0.15, 0.2) is 0 Å². The van der Waals surface area contributed by atoms with Gasteiger partial charge in [0, 0.05) is 24.4 Å². The number of amides is 2. The third kappa shape index (κ3) is 3.45. The van der Waals surface area contributed by atoms with Crippen molar-refractivity contribution in [1.29, 1.82) is 0 Å². The van der Waals surface area contributed by atoms with Gasteiger partial charge in [0.25, 0.3) is 0 Å². The van der Waals surface area contributed by atoms with Crippen LogP contribution in [-0.4, -0.2) is 35.8 Å². The second kappa shape index (κ2) is 6.64. The summed E-state index contributed by atoms with van der Waals surface area (Å²) in [5.41, 5.74) is 1.08. The zero-order chi connectivity index (χ0) is 16.6. The van der Waals surface area contributed by atoms with Crippen LogP contribution in [0, 0.1) is 5.92 Å². The summed E-state index contributed by atoms with van der Waals surface area (Å²) in [6.07, 6.45) is 9.25. The lowest BCUT2D eigenvalue weighted by Gasteiger charge is -2.31. The fraction of sp³-hybridized carbons (Fsp3) is 0.778. The summed E-state index contributed by atoms with van der Waals surface area (Å²) in [6, 6.07) is -0.0741. The molecule has 24 heavy (non-hydrogen) atoms. The molecule has 0 aromatic carbocycles. The predicted molar refractivity (Wildman–Crippen MR) is 94.5 cm³/mol. The molecule has 132 valence electrons. The molecule has 2 amide bonds. The van der Waals surface area contributed by atoms with Gasteiger partial charge in [0.2, 0.25) is 0 Å². The summed E-state index contributed by atoms with van der Waals surface area (Å²) in [4.78, 5) is 18.5. The Kier molecular flexibility index (Phi) is 4.52. The molecular weight excluding hydrogens is 322 g/mol. The standard InChI is InChI=1S/C18H27N3O2S/c1-18(9-11-23-16(18)12-6-7-12)21-17(22)19-10-8-15-20-13-4-2-3-5-14(13)24-15/h12,16H,2-11H2,1H3,(H2,19,21,22). The van der Waals surface area contributed by atoms with Crippen LogP contribution in [0.4, 0.5) is 4.79 Å². The van der Waals surface area contributed by atoms with E-state index in [1.807, 2.05) is 11.3 Å². The molecule has 2 atom stereocenters. The van der Waals surface area contributed by atoms with E-state index in [4.69, 9.17) is 9.72 Å². The number of ether oxygens (including phenoxy) is 1. The summed E-state index contributed by atoms with van der Waals surface area (Å²) in [6.45, 7) is 3.52. The van der Waals surface area contributed by atoms with E-state index in [0.717, 1.165) is 30.9 Å². The third-order valence-electron chi connectivity index (χ3n) is 5.51. The van der Waals surface area contributed by atoms with Crippen LogP contribution in [0.3, 0.4) is 0 Å². The first-order valence-corrected chi connectivity index (χ1v) is 10.1. The summed E-state index contributed by atoms with van der Waals surface area (Å²) in [5.74, 6) is 0.638. The molecule has 1 saturated heterocycles. The van der Waals surface area contributed by atoms with Crippen molar-refractivity contribution in [3.8, 4) is 0 Å². The van der Waals surface area contributed by atoms with Gasteiger partial charge in [0.15, 0.2) is 0 Å². The maximum Gasteiger partial charge on any atom is 0.315 e. The Hall–Kier alpha value is -1.14. The minimum Gasteiger partial charge on any atom is -0.375 e. The van der Waals surface area contributed by atoms with Crippen molar-refractivity contribution in [1.82, 2.24) is 15.6 Å². The highest BCUT2D eigenvalue weighted by molar-refractivity contribution is 7.11. The Labute approximate surface area is 147 Å². The number of aryl methyl sites for hydroxylation is 2. The van der Waals surface area contributed by atoms with Crippen molar-refractivity contribution in [2.45, 2.75) is 69.9 Å². The quantitative estimate of drug-likeness (QED) is 0.859. The van der Waals surface area contributed by atoms with Gasteiger partial charge in [0.1, 0.15) is 0 Å². The first-order valence-electron chi connectivity index (χ1n) is 9.29. The van der Waals surface area contributed by atoms with Crippen LogP contribution >= 0.6 is 11.3 Å². The van der Waals surface area contributed by atoms with Crippen LogP contribution in [0.1, 0.15) is 54.6 Å². The van der Waals surface area contributed by atoms with Crippen molar-refractivity contribution in [2.75, 3.05) is 13.2 Å². The predicted octanol–water partition coefficient (Wildman–Crippen LogP) is 2.82. The molecule has 2 heterocycles. The van der Waals surface area contributed by atoms with E-state index in [-0.39, 0.29) is 17.7 Å². The Morgan fingerprint density at radius 2 is 2.21 bits per heavy atom. The molecule has 2 fully saturated rings. The van der Waals surface area contributed by atoms with Crippen molar-refractivity contribution in [3.63, 3.8) is 0 Å². The van der Waals surface area contributed by atoms with Crippen LogP contribution in [0.25, 0.3) is 0 Å². The Morgan fingerprint density at radius 1 is 1.38 bits per heavy atom. The number of thiazole rings is 1. The molecule has 2 unspecified atom stereocenters. The van der Waals surface area contributed by atoms with Crippen molar-refractivity contribution >= 4 is 17.4 Å². The van der Waals surface area contributed by atoms with Gasteiger partial charge in [-0.2, -0.15) is 0 Å². The fourth-order valence-corrected chi connectivity index (χ4v) is 5.17. The first-order chi connectivity index (χ1) is 11.6. The van der Waals surface area contributed by atoms with Gasteiger partial charge in [-0.25, -0.2) is 9.78 Å². The largest absolute Gasteiger partial charge is 0.375 e. The highest BCUT2D eigenvalue weighted by atomic mass is 32.1. The number of nitrogens with one attached hydrogen (secondary N) is 2. The van der Waals surface area contributed by atoms with Crippen LogP contribution in [0.2, 0.25) is 0 Å². The molecular formula is C18H27N3O2S. The summed E-state index contributed by atoms with van der Waals surface area (Å²) in [5, 5.41) is 7.34. The first kappa shape index (κ1) is 16.3. The molecule has 1 aromatic heterocycles. The van der Waals surface area contributed by atoms with E-state index >= 15 is 0 Å². The van der Waals surface area contributed by atoms with Gasteiger partial charge in [-0.15, -0.1) is 11.3 Å². The van der Waals surface area contributed by atoms with Crippen molar-refractivity contribution in [3.05, 3.63) is 15.6 Å². The number of hydrogen-bond donors (Lipinski definition) is 2. The average molecular weight is 350 g/mol. The normalized spacial score (nSPS) is 29.3. The molecule has 2 aliphatic carbocycles. The summed E-state index contributed by atoms with van der Waals surface area (Å²) < 4.78 is 5.86. The summed E-state index contributed by atoms with van der Waals surface area (Å²) in [7, 11) is 0. The molecule has 1 saturated carbocycles. The number of aromatic nitrogens is 1. The number of nitrogens with zero attached hydrogens (tertiary/aromatic N) is 1. The van der Waals surface area contributed by atoms with Gasteiger partial charge in [-0.05, 0) is 57.8 Å². The monoisotopic (exact) mass is 349 g/mol. The maximum atomic E-state index is 12.3. The zero-order valence-corrected chi connectivity index (χ0v) is 15.2. The maximum absolute atomic E-state index is 12.3. The van der Waals surface area contributed by atoms with Gasteiger partial charge < -0.3 is 15.4 Å². The highest BCUT2D eigenvalue weighted by Gasteiger charge is 2.48. The molecule has 1 aromatic rings. The number of rotatable bonds is 5. The van der Waals surface area contributed by atoms with E-state index in [2.05, 4.69) is 17.6 Å². The second-order valence-corrected chi connectivity index (χ2v) is 8.78. The zero-order valence-electron chi connectivity index (χ0n) is 14.4. The highest BCUT2D eigenvalue weighted by Crippen LogP contribution is 2.43. The van der Waals surface area contributed by atoms with Crippen LogP contribution in [-0.2, 0) is 24.0 Å². The molecule has 6 heteroatoms. The molecule has 4 rings (SSSR count). The minimum absolute atomic E-state index is 0.0741. The van der Waals surface area contributed by atoms with E-state index in [1.165, 1.54) is 42.7 Å². The molecule has 1 aliphatic heterocycles. The lowest BCUT2D eigenvalue weighted by atomic mass is 9.90. The fourth-order valence-electron chi connectivity index (χ4n) is 4.01. The van der Waals surface area contributed by atoms with E-state index in [0.29, 0.717) is 12.5 Å². The number of urea groups is 1. The average Bonchev–Trinajstić information content (AvgIpc) is 3.19. The Morgan fingerprint density at radius 3 is 3.00 bits per heavy atom. The van der Waals surface area contributed by atoms with Gasteiger partial charge in [-0.3, -0.25) is 0 Å². The topological polar surface area (TPSA) is 63.2 Å². The van der Waals surface area contributed by atoms with E-state index in [1.54, 1.807) is 0 Å². The van der Waals surface area contributed by atoms with Gasteiger partial charge in [-0.1, -0.05) is 0 Å². The number of carbonyl (C=O) groups is 1. The van der Waals surface area contributed by atoms with E-state index in [9.17, 15) is 4.79 Å². The molecule has 2 N–H and O–H groups in total. The van der Waals surface area contributed by atoms with Crippen LogP contribution < -0.4 is 10.6 Å². The molecule has 0 radical (unpaired) electrons. The molecule has 0 spiro atoms. The summed E-state index contributed by atoms with van der Waals surface area (Å²) >= 11 is 1.83. The lowest BCUT2D eigenvalue weighted by Crippen LogP contribution is -2.55. The SMILES string of the molecule is CC1(NC(=O)NCCc2nc3c(s2)CCCC3)CCOC1C1CC1. The van der Waals surface area contributed by atoms with Crippen LogP contribution in [0.5, 0.6) is 0 Å². The minimum atomic E-state index is -0.217. The molecule has 5 nitrogen and oxygen atoms in total. The smallest absolute Gasteiger partial charge is 0.315 e. The van der Waals surface area contributed by atoms with Gasteiger partial charge >= 0.3 is 6.03 Å². The Bertz CT molecular complexity index is 590. The van der Waals surface area contributed by atoms with Crippen molar-refractivity contribution < 1.29 is 9.53 Å². The third-order valence-corrected chi connectivity index (χ3v) is 6.73. The van der Waals surface area contributed by atoms with Crippen molar-refractivity contribution in [2.24, 2.45) is 5.92 Å². The number of hydrogen-bond acceptors (Lipinski definition) is 4. The lowest BCUT2D eigenvalue weighted by molar-refractivity contribution is 0.0591. The second-order valence-electron chi connectivity index (χ2n) is 7.61. The number of fused-ring (bicyclic) bond motifs is 1. The number of carbonyl (C=O) groups excluding carboxylic acids is 1. The van der Waals surface area contributed by atoms with E-state index < -0.39 is 0 Å².